The number of hydrogen-bond donors (Lipinski definition) is 0. The van der Waals surface area contributed by atoms with Gasteiger partial charge in [0.05, 0.1) is 0 Å². The van der Waals surface area contributed by atoms with Crippen molar-refractivity contribution in [3.8, 4) is 35.2 Å². The lowest BCUT2D eigenvalue weighted by atomic mass is 9.98. The standard InChI is InChI=1S/C15H18O2.C13H16O/c1-12(16)13-6-8-14(9-7-13)17-11-5-10-15(2,3)4;1-13(2,3)10-7-11-14-12-8-5-4-6-9-12/h6-9H,11H2,1-4H3;4-6,8-9H,11H2,1-3H3. The Morgan fingerprint density at radius 1 is 0.710 bits per heavy atom. The fourth-order valence-electron chi connectivity index (χ4n) is 2.14. The van der Waals surface area contributed by atoms with Gasteiger partial charge in [-0.05, 0) is 84.9 Å². The first kappa shape index (κ1) is 25.9. The van der Waals surface area contributed by atoms with Crippen molar-refractivity contribution >= 4 is 5.78 Å². The van der Waals surface area contributed by atoms with Crippen LogP contribution in [-0.4, -0.2) is 19.0 Å². The van der Waals surface area contributed by atoms with Gasteiger partial charge in [-0.1, -0.05) is 41.9 Å². The van der Waals surface area contributed by atoms with E-state index in [9.17, 15) is 4.79 Å². The minimum atomic E-state index is 0.00183. The van der Waals surface area contributed by atoms with Crippen LogP contribution < -0.4 is 9.47 Å². The summed E-state index contributed by atoms with van der Waals surface area (Å²) in [6.45, 7) is 14.8. The molecule has 0 unspecified atom stereocenters. The first-order valence-corrected chi connectivity index (χ1v) is 10.4. The van der Waals surface area contributed by atoms with E-state index in [1.165, 1.54) is 0 Å². The number of ketones is 1. The summed E-state index contributed by atoms with van der Waals surface area (Å²) in [6, 6.07) is 16.8. The van der Waals surface area contributed by atoms with Crippen molar-refractivity contribution in [1.29, 1.82) is 0 Å². The third-order valence-corrected chi connectivity index (χ3v) is 3.55. The fraction of sp³-hybridized carbons (Fsp3) is 0.393. The highest BCUT2D eigenvalue weighted by molar-refractivity contribution is 5.94. The number of carbonyl (C=O) groups excluding carboxylic acids is 1. The number of hydrogen-bond acceptors (Lipinski definition) is 3. The van der Waals surface area contributed by atoms with E-state index >= 15 is 0 Å². The molecule has 2 aromatic carbocycles. The molecule has 0 aliphatic carbocycles. The van der Waals surface area contributed by atoms with Crippen LogP contribution in [0.1, 0.15) is 58.8 Å². The van der Waals surface area contributed by atoms with Gasteiger partial charge in [0.1, 0.15) is 24.7 Å². The van der Waals surface area contributed by atoms with E-state index in [1.807, 2.05) is 30.3 Å². The molecule has 2 rings (SSSR count). The SMILES string of the molecule is CC(=O)c1ccc(OCC#CC(C)(C)C)cc1.CC(C)(C)C#CCOc1ccccc1. The second-order valence-electron chi connectivity index (χ2n) is 9.07. The van der Waals surface area contributed by atoms with Crippen molar-refractivity contribution in [3.05, 3.63) is 60.2 Å². The maximum atomic E-state index is 11.1. The molecule has 0 N–H and O–H groups in total. The average molecular weight is 419 g/mol. The number of para-hydroxylation sites is 1. The van der Waals surface area contributed by atoms with Crippen LogP contribution in [0.25, 0.3) is 0 Å². The van der Waals surface area contributed by atoms with Gasteiger partial charge in [-0.25, -0.2) is 0 Å². The van der Waals surface area contributed by atoms with Gasteiger partial charge < -0.3 is 9.47 Å². The Morgan fingerprint density at radius 3 is 1.52 bits per heavy atom. The second kappa shape index (κ2) is 12.5. The molecule has 0 radical (unpaired) electrons. The van der Waals surface area contributed by atoms with E-state index in [2.05, 4.69) is 65.2 Å². The first-order valence-electron chi connectivity index (χ1n) is 10.4. The van der Waals surface area contributed by atoms with Gasteiger partial charge >= 0.3 is 0 Å². The topological polar surface area (TPSA) is 35.5 Å². The summed E-state index contributed by atoms with van der Waals surface area (Å²) in [4.78, 5) is 11.1. The lowest BCUT2D eigenvalue weighted by Gasteiger charge is -2.07. The Kier molecular flexibility index (Phi) is 10.4. The Morgan fingerprint density at radius 2 is 1.13 bits per heavy atom. The van der Waals surface area contributed by atoms with E-state index in [1.54, 1.807) is 31.2 Å². The van der Waals surface area contributed by atoms with Crippen molar-refractivity contribution in [1.82, 2.24) is 0 Å². The van der Waals surface area contributed by atoms with Gasteiger partial charge in [0.2, 0.25) is 0 Å². The summed E-state index contributed by atoms with van der Waals surface area (Å²) >= 11 is 0. The molecule has 0 aliphatic heterocycles. The molecule has 0 fully saturated rings. The van der Waals surface area contributed by atoms with Crippen molar-refractivity contribution in [2.24, 2.45) is 10.8 Å². The predicted octanol–water partition coefficient (Wildman–Crippen LogP) is 6.43. The molecule has 164 valence electrons. The zero-order valence-corrected chi connectivity index (χ0v) is 19.8. The van der Waals surface area contributed by atoms with Crippen LogP contribution in [0, 0.1) is 34.5 Å². The van der Waals surface area contributed by atoms with E-state index in [-0.39, 0.29) is 16.6 Å². The molecule has 2 aromatic rings. The summed E-state index contributed by atoms with van der Waals surface area (Å²) in [7, 11) is 0. The highest BCUT2D eigenvalue weighted by atomic mass is 16.5. The molecule has 0 aliphatic rings. The molecular weight excluding hydrogens is 384 g/mol. The molecular formula is C28H34O3. The normalized spacial score (nSPS) is 10.3. The van der Waals surface area contributed by atoms with Crippen molar-refractivity contribution in [2.75, 3.05) is 13.2 Å². The summed E-state index contributed by atoms with van der Waals surface area (Å²) in [6.07, 6.45) is 0. The smallest absolute Gasteiger partial charge is 0.159 e. The third-order valence-electron chi connectivity index (χ3n) is 3.55. The van der Waals surface area contributed by atoms with Crippen molar-refractivity contribution < 1.29 is 14.3 Å². The maximum Gasteiger partial charge on any atom is 0.159 e. The van der Waals surface area contributed by atoms with E-state index in [0.29, 0.717) is 18.8 Å². The Balaban J connectivity index is 0.000000316. The first-order chi connectivity index (χ1) is 14.5. The lowest BCUT2D eigenvalue weighted by Crippen LogP contribution is -2.01. The molecule has 0 saturated heterocycles. The Labute approximate surface area is 188 Å². The molecule has 3 heteroatoms. The highest BCUT2D eigenvalue weighted by Crippen LogP contribution is 2.13. The van der Waals surface area contributed by atoms with Gasteiger partial charge in [-0.15, -0.1) is 0 Å². The summed E-state index contributed by atoms with van der Waals surface area (Å²) in [5.41, 5.74) is 0.750. The summed E-state index contributed by atoms with van der Waals surface area (Å²) in [5.74, 6) is 13.8. The second-order valence-corrected chi connectivity index (χ2v) is 9.07. The Hall–Kier alpha value is -3.17. The third kappa shape index (κ3) is 13.6. The van der Waals surface area contributed by atoms with Gasteiger partial charge in [0, 0.05) is 16.4 Å². The molecule has 31 heavy (non-hydrogen) atoms. The van der Waals surface area contributed by atoms with E-state index in [4.69, 9.17) is 9.47 Å². The molecule has 3 nitrogen and oxygen atoms in total. The van der Waals surface area contributed by atoms with Crippen LogP contribution in [0.5, 0.6) is 11.5 Å². The lowest BCUT2D eigenvalue weighted by molar-refractivity contribution is 0.101. The van der Waals surface area contributed by atoms with Crippen LogP contribution in [0.2, 0.25) is 0 Å². The van der Waals surface area contributed by atoms with Crippen LogP contribution in [0.15, 0.2) is 54.6 Å². The number of carbonyl (C=O) groups is 1. The number of Topliss-reactive ketones (excluding diaryl/α,β-unsaturated/α-hetero) is 1. The van der Waals surface area contributed by atoms with E-state index in [0.717, 1.165) is 11.5 Å². The maximum absolute atomic E-state index is 11.1. The van der Waals surface area contributed by atoms with Crippen molar-refractivity contribution in [2.45, 2.75) is 48.5 Å². The summed E-state index contributed by atoms with van der Waals surface area (Å²) in [5, 5.41) is 0. The van der Waals surface area contributed by atoms with Crippen LogP contribution in [-0.2, 0) is 0 Å². The van der Waals surface area contributed by atoms with E-state index < -0.39 is 0 Å². The molecule has 0 spiro atoms. The van der Waals surface area contributed by atoms with Crippen LogP contribution in [0.3, 0.4) is 0 Å². The molecule has 0 saturated carbocycles. The zero-order valence-electron chi connectivity index (χ0n) is 19.8. The zero-order chi connectivity index (χ0) is 23.3. The van der Waals surface area contributed by atoms with Gasteiger partial charge in [0.15, 0.2) is 5.78 Å². The van der Waals surface area contributed by atoms with Crippen molar-refractivity contribution in [3.63, 3.8) is 0 Å². The highest BCUT2D eigenvalue weighted by Gasteiger charge is 2.03. The van der Waals surface area contributed by atoms with Crippen LogP contribution in [0.4, 0.5) is 0 Å². The summed E-state index contributed by atoms with van der Waals surface area (Å²) < 4.78 is 10.9. The molecule has 0 bridgehead atoms. The molecule has 0 aromatic heterocycles. The molecule has 0 amide bonds. The average Bonchev–Trinajstić information content (AvgIpc) is 2.69. The van der Waals surface area contributed by atoms with Crippen LogP contribution >= 0.6 is 0 Å². The molecule has 0 heterocycles. The monoisotopic (exact) mass is 418 g/mol. The number of ether oxygens (including phenoxy) is 2. The minimum Gasteiger partial charge on any atom is -0.481 e. The quantitative estimate of drug-likeness (QED) is 0.414. The minimum absolute atomic E-state index is 0.00183. The Bertz CT molecular complexity index is 920. The number of rotatable bonds is 5. The number of benzene rings is 2. The fourth-order valence-corrected chi connectivity index (χ4v) is 2.14. The largest absolute Gasteiger partial charge is 0.481 e. The molecule has 0 atom stereocenters. The van der Waals surface area contributed by atoms with Gasteiger partial charge in [-0.3, -0.25) is 4.79 Å². The predicted molar refractivity (Wildman–Crippen MR) is 128 cm³/mol. The van der Waals surface area contributed by atoms with Gasteiger partial charge in [0.25, 0.3) is 0 Å². The van der Waals surface area contributed by atoms with Gasteiger partial charge in [-0.2, -0.15) is 0 Å².